The summed E-state index contributed by atoms with van der Waals surface area (Å²) in [7, 11) is 0. The van der Waals surface area contributed by atoms with E-state index in [0.29, 0.717) is 32.6 Å². The number of carbonyl (C=O) groups is 1. The fourth-order valence-electron chi connectivity index (χ4n) is 3.28. The van der Waals surface area contributed by atoms with Crippen LogP contribution >= 0.6 is 0 Å². The Morgan fingerprint density at radius 2 is 1.74 bits per heavy atom. The van der Waals surface area contributed by atoms with Crippen LogP contribution in [0.3, 0.4) is 0 Å². The van der Waals surface area contributed by atoms with Gasteiger partial charge in [0.25, 0.3) is 0 Å². The normalized spacial score (nSPS) is 21.3. The Morgan fingerprint density at radius 3 is 2.39 bits per heavy atom. The van der Waals surface area contributed by atoms with Gasteiger partial charge in [-0.05, 0) is 49.9 Å². The molecule has 5 heteroatoms. The highest BCUT2D eigenvalue weighted by molar-refractivity contribution is 5.86. The van der Waals surface area contributed by atoms with Gasteiger partial charge in [-0.15, -0.1) is 0 Å². The Hall–Kier alpha value is -1.43. The third-order valence-electron chi connectivity index (χ3n) is 4.92. The maximum Gasteiger partial charge on any atom is 0.240 e. The molecule has 1 aromatic carbocycles. The van der Waals surface area contributed by atoms with Crippen molar-refractivity contribution in [2.75, 3.05) is 26.3 Å². The van der Waals surface area contributed by atoms with Gasteiger partial charge in [0.05, 0.1) is 5.54 Å². The van der Waals surface area contributed by atoms with Gasteiger partial charge < -0.3 is 15.8 Å². The first-order valence-electron chi connectivity index (χ1n) is 8.61. The van der Waals surface area contributed by atoms with Gasteiger partial charge >= 0.3 is 0 Å². The molecule has 3 N–H and O–H groups in total. The largest absolute Gasteiger partial charge is 0.381 e. The lowest BCUT2D eigenvalue weighted by Gasteiger charge is -2.31. The molecule has 5 nitrogen and oxygen atoms in total. The minimum atomic E-state index is -0.770. The lowest BCUT2D eigenvalue weighted by atomic mass is 9.90. The number of nitrogens with one attached hydrogen (secondary N) is 1. The van der Waals surface area contributed by atoms with Crippen LogP contribution in [0, 0.1) is 0 Å². The van der Waals surface area contributed by atoms with Crippen LogP contribution in [0.1, 0.15) is 36.8 Å². The van der Waals surface area contributed by atoms with E-state index in [4.69, 9.17) is 10.5 Å². The number of amides is 1. The molecule has 126 valence electrons. The first-order valence-corrected chi connectivity index (χ1v) is 8.61. The highest BCUT2D eigenvalue weighted by atomic mass is 16.5. The molecule has 0 aliphatic carbocycles. The fraction of sp³-hybridized carbons (Fsp3) is 0.611. The molecule has 0 spiro atoms. The summed E-state index contributed by atoms with van der Waals surface area (Å²) >= 11 is 0. The van der Waals surface area contributed by atoms with Crippen molar-refractivity contribution < 1.29 is 9.53 Å². The number of hydrogen-bond donors (Lipinski definition) is 2. The molecular weight excluding hydrogens is 290 g/mol. The number of rotatable bonds is 5. The highest BCUT2D eigenvalue weighted by Crippen LogP contribution is 2.18. The maximum absolute atomic E-state index is 12.3. The number of likely N-dealkylation sites (tertiary alicyclic amines) is 1. The third-order valence-corrected chi connectivity index (χ3v) is 4.92. The molecule has 23 heavy (non-hydrogen) atoms. The van der Waals surface area contributed by atoms with Crippen LogP contribution in [-0.4, -0.2) is 42.6 Å². The Bertz CT molecular complexity index is 518. The molecule has 0 atom stereocenters. The first-order chi connectivity index (χ1) is 11.2. The second-order valence-electron chi connectivity index (χ2n) is 6.75. The van der Waals surface area contributed by atoms with Gasteiger partial charge in [0.15, 0.2) is 0 Å². The van der Waals surface area contributed by atoms with Crippen molar-refractivity contribution in [3.8, 4) is 0 Å². The van der Waals surface area contributed by atoms with Gasteiger partial charge in [0, 0.05) is 26.3 Å². The molecular formula is C18H27N3O2. The first kappa shape index (κ1) is 16.4. The summed E-state index contributed by atoms with van der Waals surface area (Å²) in [6.45, 7) is 5.10. The van der Waals surface area contributed by atoms with Crippen LogP contribution in [0.5, 0.6) is 0 Å². The lowest BCUT2D eigenvalue weighted by Crippen LogP contribution is -2.56. The maximum atomic E-state index is 12.3. The second kappa shape index (κ2) is 7.43. The van der Waals surface area contributed by atoms with Crippen molar-refractivity contribution in [1.82, 2.24) is 10.2 Å². The quantitative estimate of drug-likeness (QED) is 0.861. The monoisotopic (exact) mass is 317 g/mol. The Kier molecular flexibility index (Phi) is 5.30. The van der Waals surface area contributed by atoms with E-state index >= 15 is 0 Å². The van der Waals surface area contributed by atoms with E-state index in [1.54, 1.807) is 0 Å². The summed E-state index contributed by atoms with van der Waals surface area (Å²) < 4.78 is 5.28. The molecule has 2 saturated heterocycles. The fourth-order valence-corrected chi connectivity index (χ4v) is 3.28. The van der Waals surface area contributed by atoms with Gasteiger partial charge in [0.2, 0.25) is 5.91 Å². The average Bonchev–Trinajstić information content (AvgIpc) is 3.07. The lowest BCUT2D eigenvalue weighted by molar-refractivity contribution is -0.129. The molecule has 2 heterocycles. The van der Waals surface area contributed by atoms with Crippen LogP contribution < -0.4 is 11.1 Å². The topological polar surface area (TPSA) is 67.6 Å². The zero-order valence-electron chi connectivity index (χ0n) is 13.7. The molecule has 0 unspecified atom stereocenters. The standard InChI is InChI=1S/C18H27N3O2/c19-18(7-11-23-12-8-18)17(22)20-13-15-3-5-16(6-4-15)14-21-9-1-2-10-21/h3-6H,1-2,7-14,19H2,(H,20,22). The van der Waals surface area contributed by atoms with E-state index in [-0.39, 0.29) is 5.91 Å². The summed E-state index contributed by atoms with van der Waals surface area (Å²) in [5.41, 5.74) is 7.86. The molecule has 0 saturated carbocycles. The number of nitrogens with zero attached hydrogens (tertiary/aromatic N) is 1. The summed E-state index contributed by atoms with van der Waals surface area (Å²) in [6.07, 6.45) is 3.81. The van der Waals surface area contributed by atoms with Crippen molar-refractivity contribution in [3.05, 3.63) is 35.4 Å². The molecule has 0 radical (unpaired) electrons. The summed E-state index contributed by atoms with van der Waals surface area (Å²) in [6, 6.07) is 8.51. The average molecular weight is 317 g/mol. The predicted octanol–water partition coefficient (Wildman–Crippen LogP) is 1.41. The molecule has 1 aromatic rings. The SMILES string of the molecule is NC1(C(=O)NCc2ccc(CN3CCCC3)cc2)CCOCC1. The number of benzene rings is 1. The predicted molar refractivity (Wildman–Crippen MR) is 89.8 cm³/mol. The van der Waals surface area contributed by atoms with Crippen LogP contribution in [0.4, 0.5) is 0 Å². The van der Waals surface area contributed by atoms with E-state index in [0.717, 1.165) is 12.1 Å². The zero-order valence-corrected chi connectivity index (χ0v) is 13.7. The van der Waals surface area contributed by atoms with E-state index in [2.05, 4.69) is 34.5 Å². The van der Waals surface area contributed by atoms with E-state index in [1.807, 2.05) is 0 Å². The Labute approximate surface area is 138 Å². The van der Waals surface area contributed by atoms with Crippen molar-refractivity contribution in [2.45, 2.75) is 44.3 Å². The third kappa shape index (κ3) is 4.31. The number of nitrogens with two attached hydrogens (primary N) is 1. The van der Waals surface area contributed by atoms with Crippen LogP contribution in [-0.2, 0) is 22.6 Å². The smallest absolute Gasteiger partial charge is 0.240 e. The zero-order chi connectivity index (χ0) is 16.1. The molecule has 0 aromatic heterocycles. The minimum absolute atomic E-state index is 0.0676. The molecule has 1 amide bonds. The second-order valence-corrected chi connectivity index (χ2v) is 6.75. The van der Waals surface area contributed by atoms with Crippen LogP contribution in [0.25, 0.3) is 0 Å². The van der Waals surface area contributed by atoms with Gasteiger partial charge in [-0.25, -0.2) is 0 Å². The Balaban J connectivity index is 1.49. The highest BCUT2D eigenvalue weighted by Gasteiger charge is 2.35. The molecule has 0 bridgehead atoms. The van der Waals surface area contributed by atoms with Crippen molar-refractivity contribution >= 4 is 5.91 Å². The van der Waals surface area contributed by atoms with Gasteiger partial charge in [-0.2, -0.15) is 0 Å². The number of ether oxygens (including phenoxy) is 1. The minimum Gasteiger partial charge on any atom is -0.381 e. The van der Waals surface area contributed by atoms with Gasteiger partial charge in [-0.3, -0.25) is 9.69 Å². The van der Waals surface area contributed by atoms with E-state index in [9.17, 15) is 4.79 Å². The van der Waals surface area contributed by atoms with Crippen LogP contribution in [0.15, 0.2) is 24.3 Å². The van der Waals surface area contributed by atoms with Gasteiger partial charge in [0.1, 0.15) is 0 Å². The Morgan fingerprint density at radius 1 is 1.13 bits per heavy atom. The summed E-state index contributed by atoms with van der Waals surface area (Å²) in [4.78, 5) is 14.8. The van der Waals surface area contributed by atoms with Crippen molar-refractivity contribution in [3.63, 3.8) is 0 Å². The van der Waals surface area contributed by atoms with E-state index in [1.165, 1.54) is 31.5 Å². The molecule has 3 rings (SSSR count). The number of hydrogen-bond acceptors (Lipinski definition) is 4. The van der Waals surface area contributed by atoms with E-state index < -0.39 is 5.54 Å². The molecule has 2 aliphatic rings. The van der Waals surface area contributed by atoms with Gasteiger partial charge in [-0.1, -0.05) is 24.3 Å². The number of carbonyl (C=O) groups excluding carboxylic acids is 1. The summed E-state index contributed by atoms with van der Waals surface area (Å²) in [5.74, 6) is -0.0676. The van der Waals surface area contributed by atoms with Crippen LogP contribution in [0.2, 0.25) is 0 Å². The van der Waals surface area contributed by atoms with Crippen molar-refractivity contribution in [1.29, 1.82) is 0 Å². The van der Waals surface area contributed by atoms with Crippen molar-refractivity contribution in [2.24, 2.45) is 5.73 Å². The summed E-state index contributed by atoms with van der Waals surface area (Å²) in [5, 5.41) is 2.97. The molecule has 2 aliphatic heterocycles. The molecule has 2 fully saturated rings.